The Hall–Kier alpha value is -0.830. The lowest BCUT2D eigenvalue weighted by Crippen LogP contribution is -1.93. The predicted molar refractivity (Wildman–Crippen MR) is 76.8 cm³/mol. The van der Waals surface area contributed by atoms with Gasteiger partial charge in [-0.2, -0.15) is 0 Å². The number of hydrogen-bond donors (Lipinski definition) is 0. The average molecular weight is 248 g/mol. The van der Waals surface area contributed by atoms with Crippen LogP contribution in [0.4, 0.5) is 0 Å². The minimum absolute atomic E-state index is 0.707. The van der Waals surface area contributed by atoms with E-state index in [4.69, 9.17) is 4.52 Å². The molecule has 0 aliphatic rings. The molecule has 1 aromatic carbocycles. The summed E-state index contributed by atoms with van der Waals surface area (Å²) in [5.74, 6) is 7.04. The lowest BCUT2D eigenvalue weighted by Gasteiger charge is -2.04. The van der Waals surface area contributed by atoms with E-state index in [1.807, 2.05) is 0 Å². The van der Waals surface area contributed by atoms with Crippen LogP contribution in [-0.2, 0) is 10.9 Å². The highest BCUT2D eigenvalue weighted by Crippen LogP contribution is 2.09. The van der Waals surface area contributed by atoms with E-state index in [0.717, 1.165) is 31.4 Å². The molecule has 0 aliphatic carbocycles. The first-order chi connectivity index (χ1) is 8.22. The van der Waals surface area contributed by atoms with Crippen molar-refractivity contribution in [1.29, 1.82) is 0 Å². The van der Waals surface area contributed by atoms with Gasteiger partial charge in [0.05, 0.1) is 6.61 Å². The molecule has 0 bridgehead atoms. The molecule has 0 radical (unpaired) electrons. The second kappa shape index (κ2) is 8.29. The monoisotopic (exact) mass is 248 g/mol. The highest BCUT2D eigenvalue weighted by Gasteiger charge is 1.96. The van der Waals surface area contributed by atoms with Crippen LogP contribution in [-0.4, -0.2) is 6.61 Å². The predicted octanol–water partition coefficient (Wildman–Crippen LogP) is 3.82. The first kappa shape index (κ1) is 14.2. The maximum absolute atomic E-state index is 4.90. The van der Waals surface area contributed by atoms with E-state index >= 15 is 0 Å². The molecule has 1 aromatic rings. The van der Waals surface area contributed by atoms with E-state index in [2.05, 4.69) is 59.4 Å². The van der Waals surface area contributed by atoms with Crippen molar-refractivity contribution in [2.24, 2.45) is 5.92 Å². The Morgan fingerprint density at radius 3 is 2.53 bits per heavy atom. The van der Waals surface area contributed by atoms with Crippen molar-refractivity contribution < 1.29 is 4.52 Å². The summed E-state index contributed by atoms with van der Waals surface area (Å²) in [4.78, 5) is 0. The Kier molecular flexibility index (Phi) is 6.94. The molecule has 17 heavy (non-hydrogen) atoms. The van der Waals surface area contributed by atoms with Crippen LogP contribution in [0.25, 0.3) is 0 Å². The number of benzene rings is 1. The van der Waals surface area contributed by atoms with Crippen LogP contribution >= 0.6 is 9.47 Å². The molecule has 0 amide bonds. The smallest absolute Gasteiger partial charge is 0.0511 e. The molecular formula is C15H21OP. The van der Waals surface area contributed by atoms with Crippen molar-refractivity contribution in [3.63, 3.8) is 0 Å². The van der Waals surface area contributed by atoms with Gasteiger partial charge in [-0.1, -0.05) is 37.8 Å². The zero-order valence-electron chi connectivity index (χ0n) is 10.7. The maximum Gasteiger partial charge on any atom is 0.0511 e. The van der Waals surface area contributed by atoms with Crippen molar-refractivity contribution in [3.05, 3.63) is 35.4 Å². The Bertz CT molecular complexity index is 370. The van der Waals surface area contributed by atoms with Gasteiger partial charge in [-0.25, -0.2) is 0 Å². The topological polar surface area (TPSA) is 9.23 Å². The second-order valence-electron chi connectivity index (χ2n) is 4.57. The van der Waals surface area contributed by atoms with Gasteiger partial charge in [0.2, 0.25) is 0 Å². The summed E-state index contributed by atoms with van der Waals surface area (Å²) >= 11 is 0. The second-order valence-corrected chi connectivity index (χ2v) is 4.90. The van der Waals surface area contributed by atoms with Crippen LogP contribution < -0.4 is 0 Å². The Morgan fingerprint density at radius 1 is 1.24 bits per heavy atom. The van der Waals surface area contributed by atoms with E-state index in [-0.39, 0.29) is 0 Å². The van der Waals surface area contributed by atoms with E-state index in [0.29, 0.717) is 5.92 Å². The molecule has 0 fully saturated rings. The highest BCUT2D eigenvalue weighted by molar-refractivity contribution is 7.09. The molecule has 0 aromatic heterocycles. The van der Waals surface area contributed by atoms with Crippen molar-refractivity contribution in [1.82, 2.24) is 0 Å². The van der Waals surface area contributed by atoms with E-state index in [9.17, 15) is 0 Å². The van der Waals surface area contributed by atoms with Gasteiger partial charge >= 0.3 is 0 Å². The largest absolute Gasteiger partial charge is 0.366 e. The van der Waals surface area contributed by atoms with Gasteiger partial charge < -0.3 is 4.52 Å². The zero-order chi connectivity index (χ0) is 12.5. The molecule has 0 saturated heterocycles. The molecule has 1 unspecified atom stereocenters. The minimum atomic E-state index is 0.707. The molecule has 0 heterocycles. The van der Waals surface area contributed by atoms with Gasteiger partial charge in [0.25, 0.3) is 0 Å². The van der Waals surface area contributed by atoms with Crippen LogP contribution in [0.3, 0.4) is 0 Å². The third-order valence-corrected chi connectivity index (χ3v) is 2.63. The first-order valence-electron chi connectivity index (χ1n) is 6.12. The van der Waals surface area contributed by atoms with Gasteiger partial charge in [0, 0.05) is 21.5 Å². The molecule has 2 heteroatoms. The summed E-state index contributed by atoms with van der Waals surface area (Å²) in [6, 6.07) is 8.57. The van der Waals surface area contributed by atoms with Crippen molar-refractivity contribution in [2.45, 2.75) is 33.1 Å². The molecule has 0 spiro atoms. The van der Waals surface area contributed by atoms with E-state index in [1.54, 1.807) is 0 Å². The Morgan fingerprint density at radius 2 is 1.94 bits per heavy atom. The third-order valence-electron chi connectivity index (χ3n) is 2.39. The molecule has 1 rings (SSSR count). The van der Waals surface area contributed by atoms with E-state index in [1.165, 1.54) is 5.56 Å². The normalized spacial score (nSPS) is 10.1. The number of hydrogen-bond acceptors (Lipinski definition) is 1. The van der Waals surface area contributed by atoms with Crippen LogP contribution in [0.5, 0.6) is 0 Å². The molecule has 0 aliphatic heterocycles. The summed E-state index contributed by atoms with van der Waals surface area (Å²) in [5.41, 5.74) is 2.49. The molecular weight excluding hydrogens is 227 g/mol. The van der Waals surface area contributed by atoms with Crippen LogP contribution in [0.1, 0.15) is 37.8 Å². The lowest BCUT2D eigenvalue weighted by atomic mass is 10.0. The van der Waals surface area contributed by atoms with Crippen LogP contribution in [0.15, 0.2) is 24.3 Å². The third kappa shape index (κ3) is 6.47. The molecule has 1 atom stereocenters. The first-order valence-corrected chi connectivity index (χ1v) is 6.59. The fourth-order valence-electron chi connectivity index (χ4n) is 1.60. The number of unbranched alkanes of at least 4 members (excludes halogenated alkanes) is 1. The summed E-state index contributed by atoms with van der Waals surface area (Å²) in [5, 5.41) is 0. The SMILES string of the molecule is CC(C)Cc1ccc(C#CCCCOP)cc1. The van der Waals surface area contributed by atoms with Gasteiger partial charge in [-0.3, -0.25) is 0 Å². The van der Waals surface area contributed by atoms with Crippen molar-refractivity contribution in [3.8, 4) is 11.8 Å². The van der Waals surface area contributed by atoms with Gasteiger partial charge in [0.1, 0.15) is 0 Å². The van der Waals surface area contributed by atoms with E-state index < -0.39 is 0 Å². The van der Waals surface area contributed by atoms with Gasteiger partial charge in [-0.15, -0.1) is 0 Å². The van der Waals surface area contributed by atoms with Gasteiger partial charge in [-0.05, 0) is 36.5 Å². The molecule has 0 N–H and O–H groups in total. The highest BCUT2D eigenvalue weighted by atomic mass is 31.0. The van der Waals surface area contributed by atoms with Gasteiger partial charge in [0.15, 0.2) is 0 Å². The summed E-state index contributed by atoms with van der Waals surface area (Å²) in [6.45, 7) is 5.23. The lowest BCUT2D eigenvalue weighted by molar-refractivity contribution is 0.365. The quantitative estimate of drug-likeness (QED) is 0.437. The fourth-order valence-corrected chi connectivity index (χ4v) is 1.77. The molecule has 0 saturated carbocycles. The maximum atomic E-state index is 4.90. The van der Waals surface area contributed by atoms with Crippen molar-refractivity contribution in [2.75, 3.05) is 6.61 Å². The van der Waals surface area contributed by atoms with Crippen LogP contribution in [0, 0.1) is 17.8 Å². The standard InChI is InChI=1S/C15H21OP/c1-13(2)12-15-9-7-14(8-10-15)6-4-3-5-11-16-17/h7-10,13H,3,5,11-12,17H2,1-2H3. The zero-order valence-corrected chi connectivity index (χ0v) is 11.9. The Balaban J connectivity index is 2.44. The average Bonchev–Trinajstić information content (AvgIpc) is 2.30. The summed E-state index contributed by atoms with van der Waals surface area (Å²) < 4.78 is 4.90. The van der Waals surface area contributed by atoms with Crippen LogP contribution in [0.2, 0.25) is 0 Å². The molecule has 92 valence electrons. The minimum Gasteiger partial charge on any atom is -0.366 e. The summed E-state index contributed by atoms with van der Waals surface area (Å²) in [6.07, 6.45) is 3.02. The number of rotatable bonds is 5. The van der Waals surface area contributed by atoms with Crippen molar-refractivity contribution >= 4 is 9.47 Å². The molecule has 1 nitrogen and oxygen atoms in total. The summed E-state index contributed by atoms with van der Waals surface area (Å²) in [7, 11) is 2.26. The fraction of sp³-hybridized carbons (Fsp3) is 0.467. The Labute approximate surface area is 107 Å².